The zero-order valence-electron chi connectivity index (χ0n) is 12.7. The number of carbonyl (C=O) groups excluding carboxylic acids is 1. The third-order valence-electron chi connectivity index (χ3n) is 3.41. The van der Waals surface area contributed by atoms with Gasteiger partial charge < -0.3 is 4.90 Å². The molecular weight excluding hydrogens is 394 g/mol. The molecule has 3 aromatic rings. The van der Waals surface area contributed by atoms with Crippen LogP contribution < -0.4 is 4.90 Å². The Hall–Kier alpha value is -2.25. The van der Waals surface area contributed by atoms with E-state index in [9.17, 15) is 4.79 Å². The van der Waals surface area contributed by atoms with Gasteiger partial charge >= 0.3 is 0 Å². The SMILES string of the molecule is CN(C(=O)Cn1nnc(-c2ccccc2)n1)c1ccc(Br)cc1Cl. The fraction of sp³-hybridized carbons (Fsp3) is 0.125. The molecule has 1 heterocycles. The average molecular weight is 407 g/mol. The van der Waals surface area contributed by atoms with E-state index in [4.69, 9.17) is 11.6 Å². The van der Waals surface area contributed by atoms with Gasteiger partial charge in [-0.15, -0.1) is 10.2 Å². The van der Waals surface area contributed by atoms with Crippen molar-refractivity contribution in [3.05, 3.63) is 58.0 Å². The van der Waals surface area contributed by atoms with Crippen molar-refractivity contribution < 1.29 is 4.79 Å². The van der Waals surface area contributed by atoms with E-state index in [1.807, 2.05) is 36.4 Å². The number of hydrogen-bond donors (Lipinski definition) is 0. The summed E-state index contributed by atoms with van der Waals surface area (Å²) in [6, 6.07) is 14.8. The summed E-state index contributed by atoms with van der Waals surface area (Å²) in [5.74, 6) is 0.281. The molecule has 0 atom stereocenters. The summed E-state index contributed by atoms with van der Waals surface area (Å²) >= 11 is 9.52. The molecule has 1 amide bonds. The fourth-order valence-electron chi connectivity index (χ4n) is 2.13. The molecule has 0 bridgehead atoms. The molecule has 0 unspecified atom stereocenters. The minimum absolute atomic E-state index is 0.0251. The molecule has 0 aliphatic heterocycles. The van der Waals surface area contributed by atoms with Gasteiger partial charge in [-0.1, -0.05) is 57.9 Å². The van der Waals surface area contributed by atoms with Crippen LogP contribution in [0, 0.1) is 0 Å². The lowest BCUT2D eigenvalue weighted by molar-refractivity contribution is -0.119. The lowest BCUT2D eigenvalue weighted by Gasteiger charge is -2.18. The van der Waals surface area contributed by atoms with E-state index in [0.29, 0.717) is 16.5 Å². The highest BCUT2D eigenvalue weighted by molar-refractivity contribution is 9.10. The summed E-state index contributed by atoms with van der Waals surface area (Å²) in [4.78, 5) is 15.2. The number of likely N-dealkylation sites (N-methyl/N-ethyl adjacent to an activating group) is 1. The summed E-state index contributed by atoms with van der Waals surface area (Å²) in [5, 5.41) is 12.6. The molecule has 6 nitrogen and oxygen atoms in total. The number of tetrazole rings is 1. The first kappa shape index (κ1) is 16.6. The van der Waals surface area contributed by atoms with Crippen LogP contribution in [0.5, 0.6) is 0 Å². The van der Waals surface area contributed by atoms with Crippen molar-refractivity contribution in [2.45, 2.75) is 6.54 Å². The maximum Gasteiger partial charge on any atom is 0.250 e. The van der Waals surface area contributed by atoms with E-state index >= 15 is 0 Å². The van der Waals surface area contributed by atoms with Gasteiger partial charge in [0.2, 0.25) is 11.7 Å². The van der Waals surface area contributed by atoms with Gasteiger partial charge in [0.1, 0.15) is 6.54 Å². The molecule has 3 rings (SSSR count). The molecule has 8 heteroatoms. The van der Waals surface area contributed by atoms with Crippen molar-refractivity contribution >= 4 is 39.1 Å². The summed E-state index contributed by atoms with van der Waals surface area (Å²) in [6.45, 7) is -0.0251. The Morgan fingerprint density at radius 1 is 1.25 bits per heavy atom. The minimum atomic E-state index is -0.198. The zero-order chi connectivity index (χ0) is 17.1. The third-order valence-corrected chi connectivity index (χ3v) is 4.20. The Morgan fingerprint density at radius 2 is 2.00 bits per heavy atom. The maximum absolute atomic E-state index is 12.4. The Kier molecular flexibility index (Phi) is 4.92. The molecule has 0 fully saturated rings. The van der Waals surface area contributed by atoms with E-state index in [1.54, 1.807) is 19.2 Å². The minimum Gasteiger partial charge on any atom is -0.312 e. The summed E-state index contributed by atoms with van der Waals surface area (Å²) in [7, 11) is 1.66. The van der Waals surface area contributed by atoms with E-state index in [0.717, 1.165) is 10.0 Å². The average Bonchev–Trinajstić information content (AvgIpc) is 3.03. The van der Waals surface area contributed by atoms with Crippen LogP contribution in [0.3, 0.4) is 0 Å². The Balaban J connectivity index is 1.74. The van der Waals surface area contributed by atoms with Crippen LogP contribution in [0.25, 0.3) is 11.4 Å². The number of aromatic nitrogens is 4. The number of hydrogen-bond acceptors (Lipinski definition) is 4. The Bertz CT molecular complexity index is 868. The molecular formula is C16H13BrClN5O. The lowest BCUT2D eigenvalue weighted by atomic mass is 10.2. The van der Waals surface area contributed by atoms with Gasteiger partial charge in [-0.2, -0.15) is 4.80 Å². The second-order valence-corrected chi connectivity index (χ2v) is 6.38. The fourth-order valence-corrected chi connectivity index (χ4v) is 2.93. The third kappa shape index (κ3) is 3.63. The van der Waals surface area contributed by atoms with Gasteiger partial charge in [0.15, 0.2) is 0 Å². The molecule has 0 radical (unpaired) electrons. The molecule has 1 aromatic heterocycles. The smallest absolute Gasteiger partial charge is 0.250 e. The monoisotopic (exact) mass is 405 g/mol. The van der Waals surface area contributed by atoms with Crippen molar-refractivity contribution in [2.24, 2.45) is 0 Å². The second kappa shape index (κ2) is 7.11. The number of nitrogens with zero attached hydrogens (tertiary/aromatic N) is 5. The predicted octanol–water partition coefficient (Wildman–Crippen LogP) is 3.42. The van der Waals surface area contributed by atoms with Crippen molar-refractivity contribution in [3.63, 3.8) is 0 Å². The van der Waals surface area contributed by atoms with Gasteiger partial charge in [0.25, 0.3) is 0 Å². The van der Waals surface area contributed by atoms with Crippen LogP contribution in [0.1, 0.15) is 0 Å². The van der Waals surface area contributed by atoms with E-state index in [2.05, 4.69) is 31.3 Å². The number of benzene rings is 2. The molecule has 24 heavy (non-hydrogen) atoms. The van der Waals surface area contributed by atoms with Crippen molar-refractivity contribution in [1.29, 1.82) is 0 Å². The Labute approximate surface area is 152 Å². The van der Waals surface area contributed by atoms with Crippen LogP contribution >= 0.6 is 27.5 Å². The summed E-state index contributed by atoms with van der Waals surface area (Å²) in [6.07, 6.45) is 0. The largest absolute Gasteiger partial charge is 0.312 e. The van der Waals surface area contributed by atoms with Gasteiger partial charge in [-0.05, 0) is 23.4 Å². The second-order valence-electron chi connectivity index (χ2n) is 5.06. The van der Waals surface area contributed by atoms with Crippen LogP contribution in [0.15, 0.2) is 53.0 Å². The highest BCUT2D eigenvalue weighted by Gasteiger charge is 2.16. The Morgan fingerprint density at radius 3 is 2.71 bits per heavy atom. The summed E-state index contributed by atoms with van der Waals surface area (Å²) in [5.41, 5.74) is 1.47. The number of amides is 1. The van der Waals surface area contributed by atoms with E-state index in [-0.39, 0.29) is 12.5 Å². The maximum atomic E-state index is 12.4. The van der Waals surface area contributed by atoms with Crippen molar-refractivity contribution in [3.8, 4) is 11.4 Å². The van der Waals surface area contributed by atoms with Crippen LogP contribution in [-0.2, 0) is 11.3 Å². The van der Waals surface area contributed by atoms with Crippen molar-refractivity contribution in [2.75, 3.05) is 11.9 Å². The number of halogens is 2. The molecule has 122 valence electrons. The number of carbonyl (C=O) groups is 1. The summed E-state index contributed by atoms with van der Waals surface area (Å²) < 4.78 is 0.850. The molecule has 0 aliphatic rings. The van der Waals surface area contributed by atoms with E-state index in [1.165, 1.54) is 9.70 Å². The molecule has 0 N–H and O–H groups in total. The van der Waals surface area contributed by atoms with Crippen LogP contribution in [0.4, 0.5) is 5.69 Å². The molecule has 0 aliphatic carbocycles. The number of anilines is 1. The molecule has 0 saturated heterocycles. The first-order valence-corrected chi connectivity index (χ1v) is 8.26. The molecule has 2 aromatic carbocycles. The van der Waals surface area contributed by atoms with Crippen LogP contribution in [0.2, 0.25) is 5.02 Å². The number of rotatable bonds is 4. The molecule has 0 saturated carbocycles. The standard InChI is InChI=1S/C16H13BrClN5O/c1-22(14-8-7-12(17)9-13(14)18)15(24)10-23-20-16(19-21-23)11-5-3-2-4-6-11/h2-9H,10H2,1H3. The molecule has 0 spiro atoms. The predicted molar refractivity (Wildman–Crippen MR) is 95.8 cm³/mol. The lowest BCUT2D eigenvalue weighted by Crippen LogP contribution is -2.31. The quantitative estimate of drug-likeness (QED) is 0.666. The van der Waals surface area contributed by atoms with Gasteiger partial charge in [-0.3, -0.25) is 4.79 Å². The van der Waals surface area contributed by atoms with E-state index < -0.39 is 0 Å². The normalized spacial score (nSPS) is 10.6. The van der Waals surface area contributed by atoms with Gasteiger partial charge in [-0.25, -0.2) is 0 Å². The zero-order valence-corrected chi connectivity index (χ0v) is 15.1. The topological polar surface area (TPSA) is 63.9 Å². The van der Waals surface area contributed by atoms with Crippen molar-refractivity contribution in [1.82, 2.24) is 20.2 Å². The first-order valence-electron chi connectivity index (χ1n) is 7.09. The van der Waals surface area contributed by atoms with Crippen LogP contribution in [-0.4, -0.2) is 33.2 Å². The first-order chi connectivity index (χ1) is 11.5. The highest BCUT2D eigenvalue weighted by atomic mass is 79.9. The van der Waals surface area contributed by atoms with Gasteiger partial charge in [0, 0.05) is 17.1 Å². The van der Waals surface area contributed by atoms with Gasteiger partial charge in [0.05, 0.1) is 10.7 Å². The highest BCUT2D eigenvalue weighted by Crippen LogP contribution is 2.28.